The normalized spacial score (nSPS) is 14.6. The molecule has 190 valence electrons. The maximum atomic E-state index is 13.2. The summed E-state index contributed by atoms with van der Waals surface area (Å²) in [4.78, 5) is 31.1. The number of aryl methyl sites for hydroxylation is 1. The molecule has 7 nitrogen and oxygen atoms in total. The Morgan fingerprint density at radius 3 is 2.57 bits per heavy atom. The lowest BCUT2D eigenvalue weighted by molar-refractivity contribution is -0.114. The monoisotopic (exact) mass is 515 g/mol. The highest BCUT2D eigenvalue weighted by Crippen LogP contribution is 2.30. The van der Waals surface area contributed by atoms with E-state index in [0.717, 1.165) is 61.2 Å². The molecule has 2 aromatic heterocycles. The molecule has 0 spiro atoms. The van der Waals surface area contributed by atoms with Crippen LogP contribution in [0.1, 0.15) is 37.7 Å². The van der Waals surface area contributed by atoms with Crippen molar-refractivity contribution in [3.63, 3.8) is 0 Å². The molecule has 1 saturated heterocycles. The Kier molecular flexibility index (Phi) is 7.63. The zero-order chi connectivity index (χ0) is 25.8. The van der Waals surface area contributed by atoms with Gasteiger partial charge >= 0.3 is 0 Å². The Labute approximate surface area is 221 Å². The number of benzene rings is 2. The van der Waals surface area contributed by atoms with Gasteiger partial charge in [-0.25, -0.2) is 9.67 Å². The molecule has 0 radical (unpaired) electrons. The van der Waals surface area contributed by atoms with Crippen LogP contribution in [0.5, 0.6) is 0 Å². The number of carbonyl (C=O) groups is 1. The number of anilines is 1. The van der Waals surface area contributed by atoms with Crippen LogP contribution in [0.25, 0.3) is 22.0 Å². The Balaban J connectivity index is 1.24. The summed E-state index contributed by atoms with van der Waals surface area (Å²) in [5.74, 6) is 0.438. The average molecular weight is 516 g/mol. The molecule has 37 heavy (non-hydrogen) atoms. The van der Waals surface area contributed by atoms with Crippen molar-refractivity contribution in [3.05, 3.63) is 87.9 Å². The van der Waals surface area contributed by atoms with Gasteiger partial charge in [0.25, 0.3) is 5.56 Å². The fourth-order valence-electron chi connectivity index (χ4n) is 5.16. The molecule has 2 aromatic carbocycles. The molecule has 0 aliphatic carbocycles. The molecule has 4 aromatic rings. The van der Waals surface area contributed by atoms with Crippen LogP contribution in [-0.4, -0.2) is 45.2 Å². The number of nitrogens with zero attached hydrogens (tertiary/aromatic N) is 4. The number of piperidine rings is 1. The summed E-state index contributed by atoms with van der Waals surface area (Å²) in [6.07, 6.45) is 4.64. The Morgan fingerprint density at radius 1 is 1.03 bits per heavy atom. The number of hydrogen-bond donors (Lipinski definition) is 1. The molecular formula is C29H30ClN5O2. The zero-order valence-corrected chi connectivity index (χ0v) is 21.6. The van der Waals surface area contributed by atoms with Crippen molar-refractivity contribution in [2.45, 2.75) is 38.6 Å². The number of hydrogen-bond acceptors (Lipinski definition) is 5. The van der Waals surface area contributed by atoms with Crippen LogP contribution in [-0.2, 0) is 11.3 Å². The van der Waals surface area contributed by atoms with Gasteiger partial charge in [0, 0.05) is 36.3 Å². The van der Waals surface area contributed by atoms with Gasteiger partial charge in [-0.05, 0) is 80.7 Å². The third-order valence-electron chi connectivity index (χ3n) is 6.98. The zero-order valence-electron chi connectivity index (χ0n) is 20.9. The number of likely N-dealkylation sites (tertiary alicyclic amines) is 1. The fourth-order valence-corrected chi connectivity index (χ4v) is 5.33. The lowest BCUT2D eigenvalue weighted by Gasteiger charge is -2.32. The minimum Gasteiger partial charge on any atom is -0.326 e. The van der Waals surface area contributed by atoms with Crippen molar-refractivity contribution in [3.8, 4) is 11.3 Å². The van der Waals surface area contributed by atoms with Gasteiger partial charge in [-0.3, -0.25) is 9.59 Å². The quantitative estimate of drug-likeness (QED) is 0.336. The minimum atomic E-state index is -0.0720. The van der Waals surface area contributed by atoms with Crippen molar-refractivity contribution in [2.75, 3.05) is 25.0 Å². The largest absolute Gasteiger partial charge is 0.326 e. The molecule has 0 unspecified atom stereocenters. The van der Waals surface area contributed by atoms with E-state index in [4.69, 9.17) is 16.7 Å². The first kappa shape index (κ1) is 25.1. The van der Waals surface area contributed by atoms with E-state index in [-0.39, 0.29) is 11.5 Å². The smallest absolute Gasteiger partial charge is 0.274 e. The van der Waals surface area contributed by atoms with Gasteiger partial charge in [-0.2, -0.15) is 5.10 Å². The van der Waals surface area contributed by atoms with Crippen LogP contribution in [0.15, 0.2) is 71.7 Å². The summed E-state index contributed by atoms with van der Waals surface area (Å²) >= 11 is 6.13. The lowest BCUT2D eigenvalue weighted by atomic mass is 9.89. The molecule has 5 rings (SSSR count). The summed E-state index contributed by atoms with van der Waals surface area (Å²) < 4.78 is 1.59. The van der Waals surface area contributed by atoms with E-state index in [2.05, 4.69) is 27.3 Å². The van der Waals surface area contributed by atoms with Gasteiger partial charge < -0.3 is 10.2 Å². The molecule has 1 amide bonds. The maximum Gasteiger partial charge on any atom is 0.274 e. The number of amides is 1. The van der Waals surface area contributed by atoms with Crippen molar-refractivity contribution >= 4 is 34.0 Å². The maximum absolute atomic E-state index is 13.2. The van der Waals surface area contributed by atoms with Crippen LogP contribution in [0.2, 0.25) is 5.15 Å². The lowest BCUT2D eigenvalue weighted by Crippen LogP contribution is -2.34. The van der Waals surface area contributed by atoms with Crippen LogP contribution >= 0.6 is 11.6 Å². The molecule has 1 aliphatic rings. The molecule has 8 heteroatoms. The van der Waals surface area contributed by atoms with Crippen molar-refractivity contribution < 1.29 is 4.79 Å². The van der Waals surface area contributed by atoms with Crippen LogP contribution in [0.3, 0.4) is 0 Å². The highest BCUT2D eigenvalue weighted by atomic mass is 35.5. The first-order chi connectivity index (χ1) is 18.0. The number of aromatic nitrogens is 3. The highest BCUT2D eigenvalue weighted by Gasteiger charge is 2.21. The van der Waals surface area contributed by atoms with Gasteiger partial charge in [-0.1, -0.05) is 41.9 Å². The van der Waals surface area contributed by atoms with Crippen molar-refractivity contribution in [1.29, 1.82) is 0 Å². The number of nitrogens with one attached hydrogen (secondary N) is 1. The number of rotatable bonds is 7. The average Bonchev–Trinajstić information content (AvgIpc) is 2.90. The molecule has 1 fully saturated rings. The number of halogens is 1. The first-order valence-corrected chi connectivity index (χ1v) is 13.1. The van der Waals surface area contributed by atoms with Gasteiger partial charge in [0.2, 0.25) is 5.91 Å². The third-order valence-corrected chi connectivity index (χ3v) is 7.18. The van der Waals surface area contributed by atoms with Crippen molar-refractivity contribution in [1.82, 2.24) is 19.7 Å². The molecule has 0 saturated carbocycles. The van der Waals surface area contributed by atoms with E-state index in [9.17, 15) is 9.59 Å². The molecule has 3 heterocycles. The number of pyridine rings is 1. The van der Waals surface area contributed by atoms with Gasteiger partial charge in [0.15, 0.2) is 0 Å². The van der Waals surface area contributed by atoms with Crippen LogP contribution in [0, 0.1) is 0 Å². The Hall–Kier alpha value is -3.55. The predicted molar refractivity (Wildman–Crippen MR) is 148 cm³/mol. The second-order valence-corrected chi connectivity index (χ2v) is 9.95. The van der Waals surface area contributed by atoms with E-state index in [0.29, 0.717) is 23.0 Å². The second-order valence-electron chi connectivity index (χ2n) is 9.57. The van der Waals surface area contributed by atoms with Crippen LogP contribution in [0.4, 0.5) is 5.69 Å². The molecule has 1 aliphatic heterocycles. The van der Waals surface area contributed by atoms with E-state index in [1.165, 1.54) is 12.5 Å². The summed E-state index contributed by atoms with van der Waals surface area (Å²) in [6, 6.07) is 19.4. The fraction of sp³-hybridized carbons (Fsp3) is 0.310. The standard InChI is InChI=1S/C29H30ClN5O2/c1-20(36)32-24-7-4-6-22(18-24)21-11-16-34(17-12-21)14-5-15-35-29(37)26-9-3-2-8-25(26)28(33-35)23-10-13-31-27(30)19-23/h2-4,6-10,13,18-19,21H,5,11-12,14-17H2,1H3,(H,32,36). The molecule has 0 bridgehead atoms. The van der Waals surface area contributed by atoms with E-state index in [1.54, 1.807) is 16.9 Å². The van der Waals surface area contributed by atoms with Gasteiger partial charge in [0.05, 0.1) is 11.1 Å². The summed E-state index contributed by atoms with van der Waals surface area (Å²) in [7, 11) is 0. The van der Waals surface area contributed by atoms with Crippen molar-refractivity contribution in [2.24, 2.45) is 0 Å². The number of carbonyl (C=O) groups excluding carboxylic acids is 1. The second kappa shape index (κ2) is 11.2. The van der Waals surface area contributed by atoms with Gasteiger partial charge in [-0.15, -0.1) is 0 Å². The summed E-state index contributed by atoms with van der Waals surface area (Å²) in [6.45, 7) is 5.01. The molecular weight excluding hydrogens is 486 g/mol. The minimum absolute atomic E-state index is 0.0522. The molecule has 0 atom stereocenters. The molecule has 1 N–H and O–H groups in total. The van der Waals surface area contributed by atoms with Crippen LogP contribution < -0.4 is 10.9 Å². The van der Waals surface area contributed by atoms with E-state index >= 15 is 0 Å². The number of fused-ring (bicyclic) bond motifs is 1. The summed E-state index contributed by atoms with van der Waals surface area (Å²) in [5, 5.41) is 9.49. The van der Waals surface area contributed by atoms with E-state index < -0.39 is 0 Å². The Bertz CT molecular complexity index is 1480. The SMILES string of the molecule is CC(=O)Nc1cccc(C2CCN(CCCn3nc(-c4ccnc(Cl)c4)c4ccccc4c3=O)CC2)c1. The third kappa shape index (κ3) is 5.89. The predicted octanol–water partition coefficient (Wildman–Crippen LogP) is 5.34. The topological polar surface area (TPSA) is 80.1 Å². The van der Waals surface area contributed by atoms with Gasteiger partial charge in [0.1, 0.15) is 5.15 Å². The van der Waals surface area contributed by atoms with E-state index in [1.807, 2.05) is 42.5 Å². The highest BCUT2D eigenvalue weighted by molar-refractivity contribution is 6.29. The summed E-state index contributed by atoms with van der Waals surface area (Å²) in [5.41, 5.74) is 3.64. The first-order valence-electron chi connectivity index (χ1n) is 12.7. The Morgan fingerprint density at radius 2 is 1.81 bits per heavy atom.